The predicted molar refractivity (Wildman–Crippen MR) is 89.9 cm³/mol. The van der Waals surface area contributed by atoms with Gasteiger partial charge in [0, 0.05) is 5.92 Å². The summed E-state index contributed by atoms with van der Waals surface area (Å²) in [4.78, 5) is 12.5. The number of carbonyl (C=O) groups is 1. The lowest BCUT2D eigenvalue weighted by atomic mass is 10.1. The van der Waals surface area contributed by atoms with Crippen LogP contribution in [0.5, 0.6) is 17.2 Å². The molecular formula is C19H19NO4. The number of nitrogens with one attached hydrogen (secondary N) is 1. The number of amides is 1. The van der Waals surface area contributed by atoms with Crippen molar-refractivity contribution in [1.29, 1.82) is 0 Å². The van der Waals surface area contributed by atoms with Crippen molar-refractivity contribution in [2.75, 3.05) is 25.6 Å². The first-order valence-corrected chi connectivity index (χ1v) is 8.09. The molecule has 4 rings (SSSR count). The average Bonchev–Trinajstić information content (AvgIpc) is 3.43. The van der Waals surface area contributed by atoms with Gasteiger partial charge in [-0.3, -0.25) is 4.79 Å². The molecule has 0 unspecified atom stereocenters. The van der Waals surface area contributed by atoms with E-state index in [1.54, 1.807) is 7.11 Å². The van der Waals surface area contributed by atoms with Crippen molar-refractivity contribution < 1.29 is 19.0 Å². The summed E-state index contributed by atoms with van der Waals surface area (Å²) in [6, 6.07) is 13.4. The van der Waals surface area contributed by atoms with Crippen LogP contribution in [-0.4, -0.2) is 26.2 Å². The van der Waals surface area contributed by atoms with E-state index in [2.05, 4.69) is 5.32 Å². The van der Waals surface area contributed by atoms with Gasteiger partial charge in [0.25, 0.3) is 0 Å². The summed E-state index contributed by atoms with van der Waals surface area (Å²) >= 11 is 0. The largest absolute Gasteiger partial charge is 0.495 e. The maximum atomic E-state index is 12.5. The molecule has 2 aromatic carbocycles. The van der Waals surface area contributed by atoms with Crippen LogP contribution in [-0.2, 0) is 4.79 Å². The van der Waals surface area contributed by atoms with Gasteiger partial charge in [0.05, 0.1) is 12.8 Å². The number of anilines is 1. The number of benzene rings is 2. The van der Waals surface area contributed by atoms with Crippen LogP contribution in [0.25, 0.3) is 0 Å². The van der Waals surface area contributed by atoms with E-state index in [4.69, 9.17) is 14.2 Å². The molecule has 24 heavy (non-hydrogen) atoms. The van der Waals surface area contributed by atoms with E-state index in [0.717, 1.165) is 23.5 Å². The monoisotopic (exact) mass is 325 g/mol. The Hall–Kier alpha value is -2.69. The molecule has 0 saturated heterocycles. The van der Waals surface area contributed by atoms with Crippen molar-refractivity contribution in [2.24, 2.45) is 5.92 Å². The fourth-order valence-electron chi connectivity index (χ4n) is 3.12. The summed E-state index contributed by atoms with van der Waals surface area (Å²) in [7, 11) is 1.60. The molecule has 2 atom stereocenters. The fourth-order valence-corrected chi connectivity index (χ4v) is 3.12. The summed E-state index contributed by atoms with van der Waals surface area (Å²) in [6.07, 6.45) is 0.848. The summed E-state index contributed by atoms with van der Waals surface area (Å²) in [5.41, 5.74) is 1.83. The van der Waals surface area contributed by atoms with Gasteiger partial charge < -0.3 is 19.5 Å². The molecule has 0 radical (unpaired) electrons. The highest BCUT2D eigenvalue weighted by Crippen LogP contribution is 2.50. The van der Waals surface area contributed by atoms with Crippen LogP contribution in [0.4, 0.5) is 5.69 Å². The van der Waals surface area contributed by atoms with Gasteiger partial charge in [-0.05, 0) is 42.2 Å². The maximum Gasteiger partial charge on any atom is 0.228 e. The third kappa shape index (κ3) is 2.77. The second-order valence-electron chi connectivity index (χ2n) is 6.04. The van der Waals surface area contributed by atoms with Crippen LogP contribution in [0.2, 0.25) is 0 Å². The van der Waals surface area contributed by atoms with E-state index in [0.29, 0.717) is 24.7 Å². The SMILES string of the molecule is COc1ccccc1NC(=O)[C@@H]1C[C@@H]1c1ccc2c(c1)OCCO2. The van der Waals surface area contributed by atoms with Gasteiger partial charge in [0.2, 0.25) is 5.91 Å². The van der Waals surface area contributed by atoms with Crippen molar-refractivity contribution >= 4 is 11.6 Å². The first kappa shape index (κ1) is 14.9. The lowest BCUT2D eigenvalue weighted by Gasteiger charge is -2.18. The number of rotatable bonds is 4. The van der Waals surface area contributed by atoms with Gasteiger partial charge in [-0.25, -0.2) is 0 Å². The maximum absolute atomic E-state index is 12.5. The molecule has 1 saturated carbocycles. The molecule has 2 aliphatic rings. The molecule has 0 spiro atoms. The number of fused-ring (bicyclic) bond motifs is 1. The third-order valence-corrected chi connectivity index (χ3v) is 4.49. The van der Waals surface area contributed by atoms with Gasteiger partial charge >= 0.3 is 0 Å². The van der Waals surface area contributed by atoms with Crippen LogP contribution in [0.1, 0.15) is 17.9 Å². The summed E-state index contributed by atoms with van der Waals surface area (Å²) in [5.74, 6) is 2.46. The highest BCUT2D eigenvalue weighted by atomic mass is 16.6. The van der Waals surface area contributed by atoms with E-state index in [1.165, 1.54) is 0 Å². The zero-order valence-electron chi connectivity index (χ0n) is 13.5. The molecule has 1 heterocycles. The van der Waals surface area contributed by atoms with Gasteiger partial charge in [0.1, 0.15) is 19.0 Å². The van der Waals surface area contributed by atoms with Crippen LogP contribution in [0, 0.1) is 5.92 Å². The van der Waals surface area contributed by atoms with Crippen LogP contribution in [0.15, 0.2) is 42.5 Å². The molecule has 124 valence electrons. The number of methoxy groups -OCH3 is 1. The molecule has 1 fully saturated rings. The Bertz CT molecular complexity index is 774. The minimum Gasteiger partial charge on any atom is -0.495 e. The van der Waals surface area contributed by atoms with Gasteiger partial charge in [-0.15, -0.1) is 0 Å². The zero-order chi connectivity index (χ0) is 16.5. The van der Waals surface area contributed by atoms with Gasteiger partial charge in [-0.1, -0.05) is 18.2 Å². The Morgan fingerprint density at radius 3 is 2.75 bits per heavy atom. The van der Waals surface area contributed by atoms with E-state index in [-0.39, 0.29) is 17.7 Å². The normalized spacial score (nSPS) is 21.0. The Morgan fingerprint density at radius 1 is 1.12 bits per heavy atom. The fraction of sp³-hybridized carbons (Fsp3) is 0.316. The van der Waals surface area contributed by atoms with E-state index in [9.17, 15) is 4.79 Å². The van der Waals surface area contributed by atoms with Crippen molar-refractivity contribution in [3.8, 4) is 17.2 Å². The zero-order valence-corrected chi connectivity index (χ0v) is 13.5. The minimum absolute atomic E-state index is 0.0162. The van der Waals surface area contributed by atoms with Crippen molar-refractivity contribution in [3.05, 3.63) is 48.0 Å². The Morgan fingerprint density at radius 2 is 1.92 bits per heavy atom. The standard InChI is InChI=1S/C19H19NO4/c1-22-16-5-3-2-4-15(16)20-19(21)14-11-13(14)12-6-7-17-18(10-12)24-9-8-23-17/h2-7,10,13-14H,8-9,11H2,1H3,(H,20,21)/t13-,14-/m1/s1. The van der Waals surface area contributed by atoms with Crippen LogP contribution >= 0.6 is 0 Å². The molecule has 1 aliphatic heterocycles. The summed E-state index contributed by atoms with van der Waals surface area (Å²) < 4.78 is 16.4. The van der Waals surface area contributed by atoms with Gasteiger partial charge in [-0.2, -0.15) is 0 Å². The molecule has 0 aromatic heterocycles. The molecule has 1 N–H and O–H groups in total. The Balaban J connectivity index is 1.45. The Labute approximate surface area is 140 Å². The van der Waals surface area contributed by atoms with Crippen molar-refractivity contribution in [1.82, 2.24) is 0 Å². The van der Waals surface area contributed by atoms with Crippen molar-refractivity contribution in [3.63, 3.8) is 0 Å². The molecule has 2 aromatic rings. The highest BCUT2D eigenvalue weighted by molar-refractivity contribution is 5.96. The second kappa shape index (κ2) is 6.07. The number of carbonyl (C=O) groups excluding carboxylic acids is 1. The number of para-hydroxylation sites is 2. The first-order chi connectivity index (χ1) is 11.8. The summed E-state index contributed by atoms with van der Waals surface area (Å²) in [6.45, 7) is 1.15. The van der Waals surface area contributed by atoms with Gasteiger partial charge in [0.15, 0.2) is 11.5 Å². The number of hydrogen-bond acceptors (Lipinski definition) is 4. The summed E-state index contributed by atoms with van der Waals surface area (Å²) in [5, 5.41) is 2.97. The van der Waals surface area contributed by atoms with Crippen LogP contribution in [0.3, 0.4) is 0 Å². The highest BCUT2D eigenvalue weighted by Gasteiger charge is 2.44. The lowest BCUT2D eigenvalue weighted by Crippen LogP contribution is -2.16. The predicted octanol–water partition coefficient (Wildman–Crippen LogP) is 3.21. The smallest absolute Gasteiger partial charge is 0.228 e. The molecule has 1 amide bonds. The Kier molecular flexibility index (Phi) is 3.76. The number of ether oxygens (including phenoxy) is 3. The molecule has 0 bridgehead atoms. The van der Waals surface area contributed by atoms with E-state index in [1.807, 2.05) is 42.5 Å². The lowest BCUT2D eigenvalue weighted by molar-refractivity contribution is -0.117. The topological polar surface area (TPSA) is 56.8 Å². The number of hydrogen-bond donors (Lipinski definition) is 1. The van der Waals surface area contributed by atoms with Crippen molar-refractivity contribution in [2.45, 2.75) is 12.3 Å². The minimum atomic E-state index is -0.0162. The molecule has 1 aliphatic carbocycles. The van der Waals surface area contributed by atoms with E-state index >= 15 is 0 Å². The first-order valence-electron chi connectivity index (χ1n) is 8.09. The molecule has 5 heteroatoms. The van der Waals surface area contributed by atoms with E-state index < -0.39 is 0 Å². The van der Waals surface area contributed by atoms with Crippen LogP contribution < -0.4 is 19.5 Å². The second-order valence-corrected chi connectivity index (χ2v) is 6.04. The average molecular weight is 325 g/mol. The third-order valence-electron chi connectivity index (χ3n) is 4.49. The quantitative estimate of drug-likeness (QED) is 0.938. The molecule has 5 nitrogen and oxygen atoms in total. The molecular weight excluding hydrogens is 306 g/mol.